The molecule has 0 aliphatic heterocycles. The second-order valence-electron chi connectivity index (χ2n) is 4.26. The van der Waals surface area contributed by atoms with Crippen LogP contribution in [-0.2, 0) is 6.42 Å². The summed E-state index contributed by atoms with van der Waals surface area (Å²) in [6.07, 6.45) is 5.44. The first kappa shape index (κ1) is 14.8. The summed E-state index contributed by atoms with van der Waals surface area (Å²) in [7, 11) is 0. The zero-order valence-corrected chi connectivity index (χ0v) is 11.7. The van der Waals surface area contributed by atoms with E-state index in [2.05, 4.69) is 12.3 Å². The Bertz CT molecular complexity index is 322. The van der Waals surface area contributed by atoms with Crippen molar-refractivity contribution in [2.75, 3.05) is 0 Å². The summed E-state index contributed by atoms with van der Waals surface area (Å²) in [5.74, 6) is 5.57. The highest BCUT2D eigenvalue weighted by molar-refractivity contribution is 6.35. The van der Waals surface area contributed by atoms with Crippen LogP contribution in [0.2, 0.25) is 10.0 Å². The van der Waals surface area contributed by atoms with Crippen LogP contribution in [0.5, 0.6) is 0 Å². The molecule has 0 aromatic heterocycles. The van der Waals surface area contributed by atoms with Gasteiger partial charge in [-0.3, -0.25) is 11.3 Å². The molecule has 1 atom stereocenters. The molecule has 0 bridgehead atoms. The molecule has 0 amide bonds. The van der Waals surface area contributed by atoms with Crippen molar-refractivity contribution in [3.05, 3.63) is 33.8 Å². The van der Waals surface area contributed by atoms with Crippen LogP contribution in [0, 0.1) is 0 Å². The SMILES string of the molecule is CCCCCC(Cc1c(Cl)cccc1Cl)NN. The number of hydrogen-bond donors (Lipinski definition) is 2. The molecule has 1 unspecified atom stereocenters. The zero-order chi connectivity index (χ0) is 12.7. The second kappa shape index (κ2) is 7.93. The van der Waals surface area contributed by atoms with Gasteiger partial charge in [0.25, 0.3) is 0 Å². The number of rotatable bonds is 7. The van der Waals surface area contributed by atoms with Crippen LogP contribution in [0.1, 0.15) is 38.2 Å². The van der Waals surface area contributed by atoms with Crippen molar-refractivity contribution in [1.29, 1.82) is 0 Å². The average Bonchev–Trinajstić information content (AvgIpc) is 2.32. The van der Waals surface area contributed by atoms with Gasteiger partial charge < -0.3 is 0 Å². The normalized spacial score (nSPS) is 12.7. The Hall–Kier alpha value is -0.280. The molecule has 0 aliphatic carbocycles. The fourth-order valence-corrected chi connectivity index (χ4v) is 2.41. The summed E-state index contributed by atoms with van der Waals surface area (Å²) >= 11 is 12.3. The fraction of sp³-hybridized carbons (Fsp3) is 0.538. The van der Waals surface area contributed by atoms with E-state index < -0.39 is 0 Å². The highest BCUT2D eigenvalue weighted by Gasteiger charge is 2.12. The predicted octanol–water partition coefficient (Wildman–Crippen LogP) is 3.95. The van der Waals surface area contributed by atoms with Gasteiger partial charge >= 0.3 is 0 Å². The molecule has 0 saturated carbocycles. The molecule has 1 aromatic carbocycles. The van der Waals surface area contributed by atoms with Gasteiger partial charge in [0.2, 0.25) is 0 Å². The number of unbranched alkanes of at least 4 members (excludes halogenated alkanes) is 2. The maximum absolute atomic E-state index is 6.14. The van der Waals surface area contributed by atoms with Crippen molar-refractivity contribution in [3.8, 4) is 0 Å². The first-order valence-electron chi connectivity index (χ1n) is 6.08. The number of benzene rings is 1. The number of nitrogens with two attached hydrogens (primary N) is 1. The minimum atomic E-state index is 0.235. The molecule has 4 heteroatoms. The molecule has 1 aromatic rings. The fourth-order valence-electron chi connectivity index (χ4n) is 1.86. The molecule has 0 aliphatic rings. The Labute approximate surface area is 113 Å². The number of hydrogen-bond acceptors (Lipinski definition) is 2. The largest absolute Gasteiger partial charge is 0.271 e. The lowest BCUT2D eigenvalue weighted by atomic mass is 10.0. The van der Waals surface area contributed by atoms with Gasteiger partial charge in [-0.05, 0) is 30.5 Å². The Morgan fingerprint density at radius 2 is 1.88 bits per heavy atom. The molecular formula is C13H20Cl2N2. The van der Waals surface area contributed by atoms with Gasteiger partial charge in [-0.1, -0.05) is 55.5 Å². The number of nitrogens with one attached hydrogen (secondary N) is 1. The molecule has 1 rings (SSSR count). The minimum Gasteiger partial charge on any atom is -0.271 e. The molecule has 3 N–H and O–H groups in total. The molecule has 0 saturated heterocycles. The molecular weight excluding hydrogens is 255 g/mol. The lowest BCUT2D eigenvalue weighted by molar-refractivity contribution is 0.467. The van der Waals surface area contributed by atoms with Crippen LogP contribution in [-0.4, -0.2) is 6.04 Å². The summed E-state index contributed by atoms with van der Waals surface area (Å²) in [6.45, 7) is 2.19. The molecule has 0 spiro atoms. The van der Waals surface area contributed by atoms with E-state index in [1.165, 1.54) is 19.3 Å². The highest BCUT2D eigenvalue weighted by atomic mass is 35.5. The van der Waals surface area contributed by atoms with Crippen molar-refractivity contribution < 1.29 is 0 Å². The van der Waals surface area contributed by atoms with Gasteiger partial charge in [-0.25, -0.2) is 0 Å². The van der Waals surface area contributed by atoms with Crippen molar-refractivity contribution in [1.82, 2.24) is 5.43 Å². The topological polar surface area (TPSA) is 38.0 Å². The zero-order valence-electron chi connectivity index (χ0n) is 10.2. The Morgan fingerprint density at radius 3 is 2.41 bits per heavy atom. The summed E-state index contributed by atoms with van der Waals surface area (Å²) in [6, 6.07) is 5.82. The predicted molar refractivity (Wildman–Crippen MR) is 75.4 cm³/mol. The Morgan fingerprint density at radius 1 is 1.24 bits per heavy atom. The molecule has 2 nitrogen and oxygen atoms in total. The quantitative estimate of drug-likeness (QED) is 0.449. The minimum absolute atomic E-state index is 0.235. The number of halogens is 2. The van der Waals surface area contributed by atoms with Gasteiger partial charge in [-0.15, -0.1) is 0 Å². The molecule has 0 fully saturated rings. The van der Waals surface area contributed by atoms with E-state index in [4.69, 9.17) is 29.0 Å². The van der Waals surface area contributed by atoms with Crippen LogP contribution in [0.3, 0.4) is 0 Å². The second-order valence-corrected chi connectivity index (χ2v) is 5.08. The third-order valence-corrected chi connectivity index (χ3v) is 3.61. The van der Waals surface area contributed by atoms with Crippen LogP contribution in [0.4, 0.5) is 0 Å². The van der Waals surface area contributed by atoms with E-state index in [-0.39, 0.29) is 6.04 Å². The number of hydrazine groups is 1. The van der Waals surface area contributed by atoms with Crippen molar-refractivity contribution in [2.45, 2.75) is 45.1 Å². The molecule has 96 valence electrons. The third kappa shape index (κ3) is 4.84. The Kier molecular flexibility index (Phi) is 6.90. The van der Waals surface area contributed by atoms with Crippen molar-refractivity contribution in [2.24, 2.45) is 5.84 Å². The van der Waals surface area contributed by atoms with Crippen molar-refractivity contribution >= 4 is 23.2 Å². The van der Waals surface area contributed by atoms with E-state index in [0.717, 1.165) is 18.4 Å². The standard InChI is InChI=1S/C13H20Cl2N2/c1-2-3-4-6-10(17-16)9-11-12(14)7-5-8-13(11)15/h5,7-8,10,17H,2-4,6,9,16H2,1H3. The Balaban J connectivity index is 2.60. The highest BCUT2D eigenvalue weighted by Crippen LogP contribution is 2.26. The van der Waals surface area contributed by atoms with Gasteiger partial charge in [0.15, 0.2) is 0 Å². The summed E-state index contributed by atoms with van der Waals surface area (Å²) in [5, 5.41) is 1.43. The van der Waals surface area contributed by atoms with Gasteiger partial charge in [-0.2, -0.15) is 0 Å². The van der Waals surface area contributed by atoms with Gasteiger partial charge in [0, 0.05) is 16.1 Å². The van der Waals surface area contributed by atoms with Crippen LogP contribution < -0.4 is 11.3 Å². The van der Waals surface area contributed by atoms with Gasteiger partial charge in [0.1, 0.15) is 0 Å². The lowest BCUT2D eigenvalue weighted by Gasteiger charge is -2.17. The summed E-state index contributed by atoms with van der Waals surface area (Å²) in [4.78, 5) is 0. The van der Waals surface area contributed by atoms with Crippen LogP contribution >= 0.6 is 23.2 Å². The molecule has 0 heterocycles. The maximum Gasteiger partial charge on any atom is 0.0453 e. The lowest BCUT2D eigenvalue weighted by Crippen LogP contribution is -2.36. The first-order valence-corrected chi connectivity index (χ1v) is 6.83. The van der Waals surface area contributed by atoms with E-state index >= 15 is 0 Å². The van der Waals surface area contributed by atoms with Crippen molar-refractivity contribution in [3.63, 3.8) is 0 Å². The summed E-state index contributed by atoms with van der Waals surface area (Å²) < 4.78 is 0. The van der Waals surface area contributed by atoms with Crippen LogP contribution in [0.15, 0.2) is 18.2 Å². The monoisotopic (exact) mass is 274 g/mol. The smallest absolute Gasteiger partial charge is 0.0453 e. The molecule has 0 radical (unpaired) electrons. The maximum atomic E-state index is 6.14. The average molecular weight is 275 g/mol. The van der Waals surface area contributed by atoms with E-state index in [1.54, 1.807) is 0 Å². The summed E-state index contributed by atoms with van der Waals surface area (Å²) in [5.41, 5.74) is 3.83. The third-order valence-electron chi connectivity index (χ3n) is 2.90. The van der Waals surface area contributed by atoms with Gasteiger partial charge in [0.05, 0.1) is 0 Å². The van der Waals surface area contributed by atoms with Crippen LogP contribution in [0.25, 0.3) is 0 Å². The van der Waals surface area contributed by atoms with E-state index in [0.29, 0.717) is 10.0 Å². The van der Waals surface area contributed by atoms with E-state index in [9.17, 15) is 0 Å². The van der Waals surface area contributed by atoms with E-state index in [1.807, 2.05) is 18.2 Å². The molecule has 17 heavy (non-hydrogen) atoms. The first-order chi connectivity index (χ1) is 8.19.